The second-order valence-electron chi connectivity index (χ2n) is 8.99. The Morgan fingerprint density at radius 1 is 1.19 bits per heavy atom. The van der Waals surface area contributed by atoms with Gasteiger partial charge in [-0.15, -0.1) is 0 Å². The zero-order valence-electron chi connectivity index (χ0n) is 19.2. The minimum atomic E-state index is -5.08. The summed E-state index contributed by atoms with van der Waals surface area (Å²) in [5, 5.41) is 10.3. The fourth-order valence-electron chi connectivity index (χ4n) is 4.53. The molecule has 0 unspecified atom stereocenters. The second kappa shape index (κ2) is 10.6. The molecule has 0 spiro atoms. The molecule has 0 radical (unpaired) electrons. The van der Waals surface area contributed by atoms with E-state index in [1.807, 2.05) is 0 Å². The van der Waals surface area contributed by atoms with Gasteiger partial charge in [-0.1, -0.05) is 36.4 Å². The molecule has 0 aromatic heterocycles. The van der Waals surface area contributed by atoms with E-state index in [1.165, 1.54) is 24.3 Å². The van der Waals surface area contributed by atoms with Gasteiger partial charge in [-0.05, 0) is 36.5 Å². The first-order valence-corrected chi connectivity index (χ1v) is 12.8. The van der Waals surface area contributed by atoms with Crippen LogP contribution in [0.25, 0.3) is 11.1 Å². The molecule has 2 aromatic rings. The highest BCUT2D eigenvalue weighted by atomic mass is 32.2. The van der Waals surface area contributed by atoms with Crippen LogP contribution in [0.1, 0.15) is 30.4 Å². The van der Waals surface area contributed by atoms with Crippen molar-refractivity contribution in [2.45, 2.75) is 55.7 Å². The summed E-state index contributed by atoms with van der Waals surface area (Å²) in [6.45, 7) is 0. The predicted octanol–water partition coefficient (Wildman–Crippen LogP) is 4.37. The zero-order valence-corrected chi connectivity index (χ0v) is 20.0. The number of benzene rings is 2. The quantitative estimate of drug-likeness (QED) is 0.460. The summed E-state index contributed by atoms with van der Waals surface area (Å²) >= 11 is 0. The number of carboxylic acids is 1. The van der Waals surface area contributed by atoms with Gasteiger partial charge in [-0.3, -0.25) is 0 Å². The van der Waals surface area contributed by atoms with E-state index in [9.17, 15) is 30.4 Å². The van der Waals surface area contributed by atoms with Crippen molar-refractivity contribution >= 4 is 16.0 Å². The molecule has 1 saturated carbocycles. The molecular weight excluding hydrogens is 533 g/mol. The lowest BCUT2D eigenvalue weighted by Crippen LogP contribution is -2.75. The van der Waals surface area contributed by atoms with Crippen LogP contribution >= 0.6 is 0 Å². The van der Waals surface area contributed by atoms with Crippen LogP contribution in [0, 0.1) is 5.82 Å². The van der Waals surface area contributed by atoms with Gasteiger partial charge < -0.3 is 10.4 Å². The Bertz CT molecular complexity index is 1250. The van der Waals surface area contributed by atoms with Gasteiger partial charge in [-0.25, -0.2) is 35.5 Å². The van der Waals surface area contributed by atoms with Crippen LogP contribution in [-0.4, -0.2) is 55.7 Å². The maximum absolute atomic E-state index is 15.3. The van der Waals surface area contributed by atoms with Crippen molar-refractivity contribution in [1.29, 1.82) is 0 Å². The van der Waals surface area contributed by atoms with Crippen molar-refractivity contribution in [3.8, 4) is 11.1 Å². The van der Waals surface area contributed by atoms with Gasteiger partial charge in [0.2, 0.25) is 10.0 Å². The number of alkyl halides is 6. The van der Waals surface area contributed by atoms with E-state index in [0.29, 0.717) is 5.56 Å². The number of nitrogens with one attached hydrogen (secondary N) is 2. The highest BCUT2D eigenvalue weighted by Crippen LogP contribution is 2.45. The Balaban J connectivity index is 0.000000479. The highest BCUT2D eigenvalue weighted by Gasteiger charge is 2.58. The molecule has 1 aliphatic carbocycles. The summed E-state index contributed by atoms with van der Waals surface area (Å²) in [4.78, 5) is 8.90. The normalized spacial score (nSPS) is 25.2. The largest absolute Gasteiger partial charge is 0.490 e. The minimum absolute atomic E-state index is 0.0591. The van der Waals surface area contributed by atoms with Crippen molar-refractivity contribution in [3.63, 3.8) is 0 Å². The van der Waals surface area contributed by atoms with E-state index in [-0.39, 0.29) is 42.0 Å². The smallest absolute Gasteiger partial charge is 0.475 e. The molecule has 2 aromatic carbocycles. The van der Waals surface area contributed by atoms with Gasteiger partial charge in [0, 0.05) is 23.2 Å². The molecule has 3 N–H and O–H groups in total. The van der Waals surface area contributed by atoms with E-state index in [0.717, 1.165) is 6.26 Å². The maximum Gasteiger partial charge on any atom is 0.490 e. The lowest BCUT2D eigenvalue weighted by Gasteiger charge is -2.55. The fourth-order valence-corrected chi connectivity index (χ4v) is 5.36. The molecular formula is C23H23F7N2O4S. The topological polar surface area (TPSA) is 95.5 Å². The number of halogens is 7. The first-order chi connectivity index (χ1) is 17.0. The molecule has 2 heterocycles. The van der Waals surface area contributed by atoms with E-state index in [4.69, 9.17) is 9.90 Å². The van der Waals surface area contributed by atoms with Gasteiger partial charge in [0.05, 0.1) is 12.3 Å². The Kier molecular flexibility index (Phi) is 8.25. The minimum Gasteiger partial charge on any atom is -0.475 e. The monoisotopic (exact) mass is 556 g/mol. The molecule has 14 heteroatoms. The first kappa shape index (κ1) is 28.9. The van der Waals surface area contributed by atoms with E-state index < -0.39 is 52.2 Å². The van der Waals surface area contributed by atoms with Crippen molar-refractivity contribution in [2.75, 3.05) is 6.26 Å². The maximum atomic E-state index is 15.3. The summed E-state index contributed by atoms with van der Waals surface area (Å²) < 4.78 is 114. The van der Waals surface area contributed by atoms with Crippen molar-refractivity contribution < 1.29 is 49.1 Å². The number of carboxylic acid groups (broad SMARTS) is 1. The molecule has 5 rings (SSSR count). The Morgan fingerprint density at radius 3 is 2.32 bits per heavy atom. The molecule has 6 nitrogen and oxygen atoms in total. The van der Waals surface area contributed by atoms with E-state index in [2.05, 4.69) is 10.0 Å². The molecule has 3 aliphatic rings. The van der Waals surface area contributed by atoms with Gasteiger partial charge in [0.1, 0.15) is 11.5 Å². The third-order valence-corrected chi connectivity index (χ3v) is 6.81. The summed E-state index contributed by atoms with van der Waals surface area (Å²) in [6.07, 6.45) is -6.31. The van der Waals surface area contributed by atoms with Crippen LogP contribution < -0.4 is 10.0 Å². The van der Waals surface area contributed by atoms with Gasteiger partial charge in [0.15, 0.2) is 0 Å². The number of rotatable bonds is 6. The van der Waals surface area contributed by atoms with Crippen LogP contribution in [0.3, 0.4) is 0 Å². The molecule has 0 amide bonds. The standard InChI is InChI=1S/C21H22F4N2O2S.C2HF3O2/c1-30(28,29)27-19-17(26-15-10-21(19,25)11-15)9-13-5-3-7-16(18(13)22)12-4-2-6-14(8-12)20(23)24;3-2(4,5)1(6)7/h2-8,15,17,19-20,26-27H,9-11H2,1H3;(H,6,7)/t15?,17-,19+,21?;/m0./s1. The number of hydrogen-bond acceptors (Lipinski definition) is 4. The lowest BCUT2D eigenvalue weighted by atomic mass is 9.65. The SMILES string of the molecule is CS(=O)(=O)N[C@@H]1[C@H](Cc2cccc(-c3cccc(C(F)F)c3)c2F)NC2CC1(F)C2.O=C(O)C(F)(F)F. The molecule has 2 saturated heterocycles. The average Bonchev–Trinajstić information content (AvgIpc) is 2.75. The van der Waals surface area contributed by atoms with Crippen molar-refractivity contribution in [1.82, 2.24) is 10.0 Å². The molecule has 2 aliphatic heterocycles. The number of piperidine rings is 2. The summed E-state index contributed by atoms with van der Waals surface area (Å²) in [7, 11) is -3.66. The molecule has 2 bridgehead atoms. The fraction of sp³-hybridized carbons (Fsp3) is 0.435. The highest BCUT2D eigenvalue weighted by molar-refractivity contribution is 7.88. The van der Waals surface area contributed by atoms with Crippen LogP contribution in [-0.2, 0) is 21.2 Å². The predicted molar refractivity (Wildman–Crippen MR) is 120 cm³/mol. The molecule has 204 valence electrons. The number of fused-ring (bicyclic) bond motifs is 2. The zero-order chi connectivity index (χ0) is 27.8. The van der Waals surface area contributed by atoms with Crippen LogP contribution in [0.15, 0.2) is 42.5 Å². The van der Waals surface area contributed by atoms with Crippen LogP contribution in [0.4, 0.5) is 30.7 Å². The molecule has 2 atom stereocenters. The number of carbonyl (C=O) groups is 1. The number of sulfonamides is 1. The number of hydrogen-bond donors (Lipinski definition) is 3. The lowest BCUT2D eigenvalue weighted by molar-refractivity contribution is -0.192. The van der Waals surface area contributed by atoms with Gasteiger partial charge in [0.25, 0.3) is 6.43 Å². The van der Waals surface area contributed by atoms with Gasteiger partial charge >= 0.3 is 12.1 Å². The molecule has 37 heavy (non-hydrogen) atoms. The number of aliphatic carboxylic acids is 1. The Labute approximate surface area is 207 Å². The van der Waals surface area contributed by atoms with Crippen molar-refractivity contribution in [2.24, 2.45) is 0 Å². The molecule has 3 fully saturated rings. The second-order valence-corrected chi connectivity index (χ2v) is 10.8. The van der Waals surface area contributed by atoms with Gasteiger partial charge in [-0.2, -0.15) is 13.2 Å². The summed E-state index contributed by atoms with van der Waals surface area (Å²) in [6, 6.07) is 8.44. The Hall–Kier alpha value is -2.71. The Morgan fingerprint density at radius 2 is 1.78 bits per heavy atom. The third-order valence-electron chi connectivity index (χ3n) is 6.13. The summed E-state index contributed by atoms with van der Waals surface area (Å²) in [5.41, 5.74) is -1.12. The van der Waals surface area contributed by atoms with Crippen LogP contribution in [0.5, 0.6) is 0 Å². The van der Waals surface area contributed by atoms with E-state index in [1.54, 1.807) is 18.2 Å². The third kappa shape index (κ3) is 6.99. The van der Waals surface area contributed by atoms with E-state index >= 15 is 8.78 Å². The van der Waals surface area contributed by atoms with Crippen LogP contribution in [0.2, 0.25) is 0 Å². The first-order valence-electron chi connectivity index (χ1n) is 10.9. The average molecular weight is 557 g/mol. The summed E-state index contributed by atoms with van der Waals surface area (Å²) in [5.74, 6) is -3.34. The van der Waals surface area contributed by atoms with Crippen molar-refractivity contribution in [3.05, 3.63) is 59.4 Å².